The lowest BCUT2D eigenvalue weighted by atomic mass is 10.3. The number of allylic oxidation sites excluding steroid dienone is 4. The summed E-state index contributed by atoms with van der Waals surface area (Å²) in [7, 11) is 0. The average molecular weight is 394 g/mol. The molecule has 1 aromatic heterocycles. The minimum atomic E-state index is -0.0741. The van der Waals surface area contributed by atoms with Crippen molar-refractivity contribution in [1.82, 2.24) is 14.9 Å². The molecule has 0 aliphatic heterocycles. The van der Waals surface area contributed by atoms with Crippen LogP contribution in [0.15, 0.2) is 60.7 Å². The number of carbonyl (C=O) groups is 1. The number of rotatable bonds is 5. The molecule has 0 aliphatic carbocycles. The van der Waals surface area contributed by atoms with E-state index in [0.29, 0.717) is 19.4 Å². The minimum absolute atomic E-state index is 0.0741. The summed E-state index contributed by atoms with van der Waals surface area (Å²) < 4.78 is 22.4. The van der Waals surface area contributed by atoms with Crippen LogP contribution in [0.4, 0.5) is 8.78 Å². The van der Waals surface area contributed by atoms with Crippen LogP contribution >= 0.6 is 0 Å². The summed E-state index contributed by atoms with van der Waals surface area (Å²) in [6.45, 7) is 15.3. The highest BCUT2D eigenvalue weighted by Gasteiger charge is 2.05. The van der Waals surface area contributed by atoms with Gasteiger partial charge in [0, 0.05) is 6.54 Å². The highest BCUT2D eigenvalue weighted by atomic mass is 19.1. The fourth-order valence-corrected chi connectivity index (χ4v) is 1.55. The van der Waals surface area contributed by atoms with Crippen LogP contribution in [0.25, 0.3) is 11.0 Å². The number of imidazole rings is 1. The summed E-state index contributed by atoms with van der Waals surface area (Å²) in [5.74, 6) is 0.750. The van der Waals surface area contributed by atoms with Crippen molar-refractivity contribution < 1.29 is 13.6 Å². The quantitative estimate of drug-likeness (QED) is 0.466. The molecular weight excluding hydrogens is 360 g/mol. The Morgan fingerprint density at radius 1 is 1.25 bits per heavy atom. The van der Waals surface area contributed by atoms with Crippen molar-refractivity contribution in [3.8, 4) is 0 Å². The summed E-state index contributed by atoms with van der Waals surface area (Å²) in [5.41, 5.74) is 2.71. The fraction of sp³-hybridized carbons (Fsp3) is 0.364. The third kappa shape index (κ3) is 12.6. The maximum Gasteiger partial charge on any atom is 0.210 e. The second-order valence-corrected chi connectivity index (χ2v) is 5.46. The minimum Gasteiger partial charge on any atom is -0.340 e. The molecule has 0 aliphatic rings. The predicted molar refractivity (Wildman–Crippen MR) is 115 cm³/mol. The number of carbonyl (C=O) groups excluding carboxylic acids is 1. The third-order valence-corrected chi connectivity index (χ3v) is 3.24. The SMILES string of the molecule is C=C/C=C/F.CC.CC(C)=C(C)F.CCN(C=O)Cc1nc2ccccc2[nH]1. The molecule has 1 N–H and O–H groups in total. The zero-order chi connectivity index (χ0) is 21.9. The van der Waals surface area contributed by atoms with E-state index >= 15 is 0 Å². The number of aromatic amines is 1. The zero-order valence-corrected chi connectivity index (χ0v) is 17.8. The number of fused-ring (bicyclic) bond motifs is 1. The molecule has 1 aromatic carbocycles. The van der Waals surface area contributed by atoms with E-state index in [1.54, 1.807) is 18.7 Å². The Kier molecular flexibility index (Phi) is 17.3. The number of benzene rings is 1. The van der Waals surface area contributed by atoms with Gasteiger partial charge in [-0.15, -0.1) is 0 Å². The van der Waals surface area contributed by atoms with Crippen molar-refractivity contribution in [1.29, 1.82) is 0 Å². The second kappa shape index (κ2) is 17.6. The molecule has 4 nitrogen and oxygen atoms in total. The van der Waals surface area contributed by atoms with E-state index in [1.165, 1.54) is 19.1 Å². The van der Waals surface area contributed by atoms with Crippen LogP contribution in [-0.2, 0) is 11.3 Å². The van der Waals surface area contributed by atoms with E-state index in [-0.39, 0.29) is 5.83 Å². The van der Waals surface area contributed by atoms with Gasteiger partial charge < -0.3 is 9.88 Å². The predicted octanol–water partition coefficient (Wildman–Crippen LogP) is 6.49. The van der Waals surface area contributed by atoms with E-state index in [1.807, 2.05) is 45.0 Å². The van der Waals surface area contributed by atoms with Gasteiger partial charge in [0.2, 0.25) is 6.41 Å². The Labute approximate surface area is 167 Å². The monoisotopic (exact) mass is 393 g/mol. The number of H-pyrrole nitrogens is 1. The first kappa shape index (κ1) is 27.5. The average Bonchev–Trinajstić information content (AvgIpc) is 3.11. The van der Waals surface area contributed by atoms with Crippen LogP contribution in [0.5, 0.6) is 0 Å². The molecule has 0 radical (unpaired) electrons. The molecule has 0 saturated heterocycles. The zero-order valence-electron chi connectivity index (χ0n) is 17.8. The van der Waals surface area contributed by atoms with Gasteiger partial charge in [0.25, 0.3) is 0 Å². The number of hydrogen-bond acceptors (Lipinski definition) is 2. The van der Waals surface area contributed by atoms with Gasteiger partial charge >= 0.3 is 0 Å². The molecule has 6 heteroatoms. The van der Waals surface area contributed by atoms with Crippen LogP contribution < -0.4 is 0 Å². The van der Waals surface area contributed by atoms with Crippen molar-refractivity contribution >= 4 is 17.4 Å². The van der Waals surface area contributed by atoms with Gasteiger partial charge in [0.15, 0.2) is 0 Å². The standard InChI is InChI=1S/C11H13N3O.C5H9F.C4H5F.C2H6/c1-2-14(8-15)7-11-12-9-5-3-4-6-10(9)13-11;1-4(2)5(3)6;1-2-3-4-5;1-2/h3-6,8H,2,7H2,1H3,(H,12,13);1-3H3;2-4H,1H2;1-2H3/b;;4-3+;. The number of nitrogens with zero attached hydrogens (tertiary/aromatic N) is 2. The van der Waals surface area contributed by atoms with E-state index in [0.717, 1.165) is 28.8 Å². The molecule has 1 heterocycles. The first-order valence-corrected chi connectivity index (χ1v) is 9.19. The van der Waals surface area contributed by atoms with Gasteiger partial charge in [0.05, 0.1) is 29.7 Å². The number of nitrogens with one attached hydrogen (secondary N) is 1. The van der Waals surface area contributed by atoms with Crippen LogP contribution in [0.3, 0.4) is 0 Å². The number of amides is 1. The Balaban J connectivity index is 0. The van der Waals surface area contributed by atoms with Gasteiger partial charge in [-0.3, -0.25) is 4.79 Å². The second-order valence-electron chi connectivity index (χ2n) is 5.46. The topological polar surface area (TPSA) is 49.0 Å². The lowest BCUT2D eigenvalue weighted by Crippen LogP contribution is -2.21. The van der Waals surface area contributed by atoms with Gasteiger partial charge in [-0.05, 0) is 51.5 Å². The maximum absolute atomic E-state index is 11.7. The fourth-order valence-electron chi connectivity index (χ4n) is 1.55. The molecular formula is C22H33F2N3O. The van der Waals surface area contributed by atoms with Crippen molar-refractivity contribution in [2.45, 2.75) is 48.1 Å². The Morgan fingerprint density at radius 2 is 1.82 bits per heavy atom. The van der Waals surface area contributed by atoms with Crippen molar-refractivity contribution in [3.63, 3.8) is 0 Å². The van der Waals surface area contributed by atoms with Crippen LogP contribution in [0.1, 0.15) is 47.4 Å². The van der Waals surface area contributed by atoms with Crippen molar-refractivity contribution in [2.75, 3.05) is 6.54 Å². The highest BCUT2D eigenvalue weighted by Crippen LogP contribution is 2.11. The first-order valence-electron chi connectivity index (χ1n) is 9.19. The molecule has 1 amide bonds. The smallest absolute Gasteiger partial charge is 0.210 e. The van der Waals surface area contributed by atoms with Crippen LogP contribution in [0, 0.1) is 0 Å². The molecule has 0 atom stereocenters. The molecule has 0 fully saturated rings. The maximum atomic E-state index is 11.7. The molecule has 2 aromatic rings. The Hall–Kier alpha value is -2.76. The van der Waals surface area contributed by atoms with Crippen LogP contribution in [-0.4, -0.2) is 27.8 Å². The summed E-state index contributed by atoms with van der Waals surface area (Å²) in [5, 5.41) is 0. The summed E-state index contributed by atoms with van der Waals surface area (Å²) >= 11 is 0. The number of halogens is 2. The van der Waals surface area contributed by atoms with Gasteiger partial charge in [-0.25, -0.2) is 13.8 Å². The van der Waals surface area contributed by atoms with E-state index in [2.05, 4.69) is 16.5 Å². The normalized spacial score (nSPS) is 9.14. The van der Waals surface area contributed by atoms with Gasteiger partial charge in [-0.1, -0.05) is 38.6 Å². The Bertz CT molecular complexity index is 685. The molecule has 156 valence electrons. The Morgan fingerprint density at radius 3 is 2.18 bits per heavy atom. The van der Waals surface area contributed by atoms with Gasteiger partial charge in [0.1, 0.15) is 5.82 Å². The van der Waals surface area contributed by atoms with Gasteiger partial charge in [-0.2, -0.15) is 0 Å². The number of para-hydroxylation sites is 2. The molecule has 0 unspecified atom stereocenters. The molecule has 2 rings (SSSR count). The van der Waals surface area contributed by atoms with E-state index in [4.69, 9.17) is 0 Å². The highest BCUT2D eigenvalue weighted by molar-refractivity contribution is 5.74. The molecule has 0 saturated carbocycles. The number of hydrogen-bond donors (Lipinski definition) is 1. The first-order chi connectivity index (χ1) is 13.4. The van der Waals surface area contributed by atoms with E-state index < -0.39 is 0 Å². The largest absolute Gasteiger partial charge is 0.340 e. The lowest BCUT2D eigenvalue weighted by molar-refractivity contribution is -0.118. The van der Waals surface area contributed by atoms with Crippen molar-refractivity contribution in [3.05, 3.63) is 66.6 Å². The summed E-state index contributed by atoms with van der Waals surface area (Å²) in [6, 6.07) is 7.83. The summed E-state index contributed by atoms with van der Waals surface area (Å²) in [6.07, 6.45) is 3.88. The van der Waals surface area contributed by atoms with Crippen LogP contribution in [0.2, 0.25) is 0 Å². The van der Waals surface area contributed by atoms with Crippen molar-refractivity contribution in [2.24, 2.45) is 0 Å². The molecule has 0 spiro atoms. The van der Waals surface area contributed by atoms with E-state index in [9.17, 15) is 13.6 Å². The molecule has 28 heavy (non-hydrogen) atoms. The molecule has 0 bridgehead atoms. The third-order valence-electron chi connectivity index (χ3n) is 3.24. The lowest BCUT2D eigenvalue weighted by Gasteiger charge is -2.11. The number of aromatic nitrogens is 2. The summed E-state index contributed by atoms with van der Waals surface area (Å²) in [4.78, 5) is 19.9.